The highest BCUT2D eigenvalue weighted by atomic mass is 16.5. The number of aliphatic hydroxyl groups excluding tert-OH is 1. The minimum atomic E-state index is -0.725. The monoisotopic (exact) mass is 266 g/mol. The first-order valence-electron chi connectivity index (χ1n) is 7.13. The molecule has 0 fully saturated rings. The molecule has 0 aliphatic rings. The molecule has 0 aromatic carbocycles. The molecule has 0 aromatic rings. The fraction of sp³-hybridized carbons (Fsp3) is 0.688. The Morgan fingerprint density at radius 1 is 1.32 bits per heavy atom. The molecule has 3 nitrogen and oxygen atoms in total. The van der Waals surface area contributed by atoms with Gasteiger partial charge in [-0.2, -0.15) is 0 Å². The summed E-state index contributed by atoms with van der Waals surface area (Å²) in [7, 11) is 0. The van der Waals surface area contributed by atoms with Crippen LogP contribution in [0, 0.1) is 17.8 Å². The van der Waals surface area contributed by atoms with Crippen molar-refractivity contribution >= 4 is 5.97 Å². The van der Waals surface area contributed by atoms with Crippen LogP contribution < -0.4 is 0 Å². The minimum Gasteiger partial charge on any atom is -0.463 e. The molecule has 0 heterocycles. The average molecular weight is 266 g/mol. The van der Waals surface area contributed by atoms with E-state index in [9.17, 15) is 9.90 Å². The van der Waals surface area contributed by atoms with Crippen LogP contribution in [0.15, 0.2) is 12.2 Å². The van der Waals surface area contributed by atoms with E-state index in [1.165, 1.54) is 25.3 Å². The summed E-state index contributed by atoms with van der Waals surface area (Å²) in [6.45, 7) is 6.12. The van der Waals surface area contributed by atoms with Gasteiger partial charge in [-0.05, 0) is 13.3 Å². The predicted octanol–water partition coefficient (Wildman–Crippen LogP) is 3.08. The topological polar surface area (TPSA) is 46.5 Å². The lowest BCUT2D eigenvalue weighted by atomic mass is 10.0. The molecule has 2 atom stereocenters. The summed E-state index contributed by atoms with van der Waals surface area (Å²) in [5.41, 5.74) is 0. The molecule has 0 unspecified atom stereocenters. The summed E-state index contributed by atoms with van der Waals surface area (Å²) in [5, 5.41) is 9.79. The van der Waals surface area contributed by atoms with Gasteiger partial charge in [0.15, 0.2) is 0 Å². The van der Waals surface area contributed by atoms with Crippen molar-refractivity contribution in [1.82, 2.24) is 0 Å². The molecule has 0 saturated carbocycles. The van der Waals surface area contributed by atoms with E-state index in [2.05, 4.69) is 18.8 Å². The molecule has 3 heteroatoms. The summed E-state index contributed by atoms with van der Waals surface area (Å²) in [6.07, 6.45) is 7.81. The Kier molecular flexibility index (Phi) is 11.0. The van der Waals surface area contributed by atoms with Gasteiger partial charge in [0, 0.05) is 18.4 Å². The van der Waals surface area contributed by atoms with Gasteiger partial charge >= 0.3 is 5.97 Å². The van der Waals surface area contributed by atoms with Gasteiger partial charge in [-0.25, -0.2) is 4.79 Å². The second-order valence-corrected chi connectivity index (χ2v) is 4.55. The van der Waals surface area contributed by atoms with Crippen molar-refractivity contribution in [2.45, 2.75) is 59.0 Å². The van der Waals surface area contributed by atoms with Crippen LogP contribution in [0.2, 0.25) is 0 Å². The summed E-state index contributed by atoms with van der Waals surface area (Å²) >= 11 is 0. The zero-order valence-corrected chi connectivity index (χ0v) is 12.3. The second kappa shape index (κ2) is 11.8. The van der Waals surface area contributed by atoms with Gasteiger partial charge in [0.25, 0.3) is 0 Å². The van der Waals surface area contributed by atoms with Gasteiger partial charge in [-0.3, -0.25) is 0 Å². The Morgan fingerprint density at radius 3 is 2.68 bits per heavy atom. The average Bonchev–Trinajstić information content (AvgIpc) is 2.40. The first kappa shape index (κ1) is 17.7. The second-order valence-electron chi connectivity index (χ2n) is 4.55. The Hall–Kier alpha value is -1.27. The summed E-state index contributed by atoms with van der Waals surface area (Å²) in [6, 6.07) is 0. The van der Waals surface area contributed by atoms with Crippen molar-refractivity contribution in [2.24, 2.45) is 5.92 Å². The molecule has 0 amide bonds. The quantitative estimate of drug-likeness (QED) is 0.318. The zero-order valence-electron chi connectivity index (χ0n) is 12.3. The zero-order chi connectivity index (χ0) is 14.5. The number of carbonyl (C=O) groups is 1. The van der Waals surface area contributed by atoms with Gasteiger partial charge < -0.3 is 9.84 Å². The number of carbonyl (C=O) groups excluding carboxylic acids is 1. The summed E-state index contributed by atoms with van der Waals surface area (Å²) in [5.74, 6) is 5.25. The van der Waals surface area contributed by atoms with Gasteiger partial charge in [0.2, 0.25) is 0 Å². The number of rotatable bonds is 8. The minimum absolute atomic E-state index is 0.174. The van der Waals surface area contributed by atoms with E-state index in [0.717, 1.165) is 12.8 Å². The van der Waals surface area contributed by atoms with Gasteiger partial charge in [0.1, 0.15) is 6.10 Å². The van der Waals surface area contributed by atoms with Crippen LogP contribution in [0.1, 0.15) is 52.9 Å². The summed E-state index contributed by atoms with van der Waals surface area (Å²) < 4.78 is 4.76. The maximum Gasteiger partial charge on any atom is 0.330 e. The third-order valence-corrected chi connectivity index (χ3v) is 2.73. The molecule has 0 rings (SSSR count). The lowest BCUT2D eigenvalue weighted by Crippen LogP contribution is -2.13. The third-order valence-electron chi connectivity index (χ3n) is 2.73. The van der Waals surface area contributed by atoms with Crippen LogP contribution in [0.25, 0.3) is 0 Å². The van der Waals surface area contributed by atoms with Crippen LogP contribution in [0.3, 0.4) is 0 Å². The van der Waals surface area contributed by atoms with E-state index in [1.54, 1.807) is 13.0 Å². The lowest BCUT2D eigenvalue weighted by molar-refractivity contribution is -0.137. The molecule has 0 bridgehead atoms. The maximum atomic E-state index is 11.1. The molecule has 19 heavy (non-hydrogen) atoms. The fourth-order valence-corrected chi connectivity index (χ4v) is 1.47. The van der Waals surface area contributed by atoms with Crippen LogP contribution in [0.4, 0.5) is 0 Å². The molecule has 1 N–H and O–H groups in total. The normalized spacial score (nSPS) is 13.7. The summed E-state index contributed by atoms with van der Waals surface area (Å²) in [4.78, 5) is 11.1. The Bertz CT molecular complexity index is 323. The molecule has 0 aliphatic carbocycles. The molecule has 0 aromatic heterocycles. The first-order valence-corrected chi connectivity index (χ1v) is 7.13. The van der Waals surface area contributed by atoms with E-state index < -0.39 is 6.10 Å². The number of hydrogen-bond donors (Lipinski definition) is 1. The van der Waals surface area contributed by atoms with Gasteiger partial charge in [0.05, 0.1) is 6.61 Å². The van der Waals surface area contributed by atoms with Crippen LogP contribution in [-0.2, 0) is 9.53 Å². The number of hydrogen-bond acceptors (Lipinski definition) is 3. The van der Waals surface area contributed by atoms with Crippen LogP contribution in [-0.4, -0.2) is 23.8 Å². The van der Waals surface area contributed by atoms with Crippen molar-refractivity contribution < 1.29 is 14.6 Å². The Balaban J connectivity index is 3.95. The fourth-order valence-electron chi connectivity index (χ4n) is 1.47. The van der Waals surface area contributed by atoms with E-state index in [4.69, 9.17) is 4.74 Å². The SMILES string of the molecule is CCCCCCC#C[C@H](O)[C@H](C)/C=C/C(=O)OCC. The first-order chi connectivity index (χ1) is 9.11. The standard InChI is InChI=1S/C16H26O3/c1-4-6-7-8-9-10-11-15(17)14(3)12-13-16(18)19-5-2/h12-15,17H,4-9H2,1-3H3/b13-12+/t14-,15+/m1/s1. The molecule has 0 spiro atoms. The highest BCUT2D eigenvalue weighted by molar-refractivity contribution is 5.81. The molecule has 0 saturated heterocycles. The highest BCUT2D eigenvalue weighted by Crippen LogP contribution is 2.05. The molecule has 108 valence electrons. The predicted molar refractivity (Wildman–Crippen MR) is 77.5 cm³/mol. The van der Waals surface area contributed by atoms with Crippen molar-refractivity contribution in [2.75, 3.05) is 6.61 Å². The molecule has 0 radical (unpaired) electrons. The van der Waals surface area contributed by atoms with Crippen molar-refractivity contribution in [3.8, 4) is 11.8 Å². The Labute approximate surface area is 117 Å². The smallest absolute Gasteiger partial charge is 0.330 e. The van der Waals surface area contributed by atoms with E-state index in [1.807, 2.05) is 6.92 Å². The maximum absolute atomic E-state index is 11.1. The van der Waals surface area contributed by atoms with Crippen LogP contribution in [0.5, 0.6) is 0 Å². The van der Waals surface area contributed by atoms with Gasteiger partial charge in [-0.1, -0.05) is 45.1 Å². The molecular weight excluding hydrogens is 240 g/mol. The largest absolute Gasteiger partial charge is 0.463 e. The van der Waals surface area contributed by atoms with E-state index in [-0.39, 0.29) is 11.9 Å². The number of aliphatic hydroxyl groups is 1. The van der Waals surface area contributed by atoms with E-state index in [0.29, 0.717) is 6.61 Å². The highest BCUT2D eigenvalue weighted by Gasteiger charge is 2.08. The molecular formula is C16H26O3. The van der Waals surface area contributed by atoms with Crippen molar-refractivity contribution in [3.63, 3.8) is 0 Å². The van der Waals surface area contributed by atoms with E-state index >= 15 is 0 Å². The van der Waals surface area contributed by atoms with Crippen molar-refractivity contribution in [1.29, 1.82) is 0 Å². The third kappa shape index (κ3) is 10.3. The number of ether oxygens (including phenoxy) is 1. The van der Waals surface area contributed by atoms with Crippen molar-refractivity contribution in [3.05, 3.63) is 12.2 Å². The molecule has 0 aliphatic heterocycles. The number of esters is 1. The van der Waals surface area contributed by atoms with Gasteiger partial charge in [-0.15, -0.1) is 5.92 Å². The lowest BCUT2D eigenvalue weighted by Gasteiger charge is -2.08. The van der Waals surface area contributed by atoms with Crippen LogP contribution >= 0.6 is 0 Å². The number of unbranched alkanes of at least 4 members (excludes halogenated alkanes) is 4. The Morgan fingerprint density at radius 2 is 2.05 bits per heavy atom.